The van der Waals surface area contributed by atoms with Crippen LogP contribution in [0.2, 0.25) is 0 Å². The van der Waals surface area contributed by atoms with Crippen molar-refractivity contribution in [3.8, 4) is 0 Å². The standard InChI is InChI=1S/C16H29N3O6/c1-9(12(17)21)18-13(22)10(8-11(20)24-15(2,3)4)19-14(23)25-16(5,6)7/h9-10H,8H2,1-7H3,(H2,17,21)(H,18,22)(H,19,23)/t9-,10+/m0/s1. The van der Waals surface area contributed by atoms with Gasteiger partial charge in [-0.15, -0.1) is 0 Å². The van der Waals surface area contributed by atoms with Crippen LogP contribution in [0.4, 0.5) is 4.79 Å². The summed E-state index contributed by atoms with van der Waals surface area (Å²) < 4.78 is 10.2. The Labute approximate surface area is 148 Å². The number of rotatable bonds is 6. The van der Waals surface area contributed by atoms with Crippen LogP contribution in [0.1, 0.15) is 54.9 Å². The molecule has 0 heterocycles. The molecule has 0 aromatic rings. The van der Waals surface area contributed by atoms with Crippen molar-refractivity contribution in [2.75, 3.05) is 0 Å². The number of amides is 3. The quantitative estimate of drug-likeness (QED) is 0.594. The molecule has 9 heteroatoms. The van der Waals surface area contributed by atoms with Gasteiger partial charge in [-0.25, -0.2) is 4.79 Å². The third-order valence-corrected chi connectivity index (χ3v) is 2.58. The fourth-order valence-electron chi connectivity index (χ4n) is 1.59. The van der Waals surface area contributed by atoms with Gasteiger partial charge in [-0.1, -0.05) is 0 Å². The maximum absolute atomic E-state index is 12.3. The molecule has 0 fully saturated rings. The molecule has 0 saturated heterocycles. The van der Waals surface area contributed by atoms with Crippen LogP contribution in [0.5, 0.6) is 0 Å². The number of carbonyl (C=O) groups excluding carboxylic acids is 4. The molecule has 0 aliphatic heterocycles. The summed E-state index contributed by atoms with van der Waals surface area (Å²) in [7, 11) is 0. The Kier molecular flexibility index (Phi) is 7.88. The van der Waals surface area contributed by atoms with Gasteiger partial charge in [-0.3, -0.25) is 14.4 Å². The third-order valence-electron chi connectivity index (χ3n) is 2.58. The van der Waals surface area contributed by atoms with Gasteiger partial charge < -0.3 is 25.8 Å². The largest absolute Gasteiger partial charge is 0.460 e. The van der Waals surface area contributed by atoms with E-state index < -0.39 is 53.6 Å². The molecule has 9 nitrogen and oxygen atoms in total. The first kappa shape index (κ1) is 22.7. The summed E-state index contributed by atoms with van der Waals surface area (Å²) in [5, 5.41) is 4.63. The molecule has 4 N–H and O–H groups in total. The number of ether oxygens (including phenoxy) is 2. The SMILES string of the molecule is C[C@H](NC(=O)[C@@H](CC(=O)OC(C)(C)C)NC(=O)OC(C)(C)C)C(N)=O. The van der Waals surface area contributed by atoms with Gasteiger partial charge in [0.1, 0.15) is 23.3 Å². The van der Waals surface area contributed by atoms with E-state index in [4.69, 9.17) is 15.2 Å². The van der Waals surface area contributed by atoms with E-state index in [9.17, 15) is 19.2 Å². The van der Waals surface area contributed by atoms with Crippen LogP contribution in [0, 0.1) is 0 Å². The molecule has 25 heavy (non-hydrogen) atoms. The molecule has 0 aromatic carbocycles. The minimum atomic E-state index is -1.27. The molecule has 0 bridgehead atoms. The zero-order valence-electron chi connectivity index (χ0n) is 15.9. The molecule has 2 atom stereocenters. The highest BCUT2D eigenvalue weighted by Crippen LogP contribution is 2.11. The Morgan fingerprint density at radius 1 is 0.920 bits per heavy atom. The van der Waals surface area contributed by atoms with E-state index in [2.05, 4.69) is 10.6 Å². The van der Waals surface area contributed by atoms with Gasteiger partial charge in [0.25, 0.3) is 0 Å². The number of carbonyl (C=O) groups is 4. The Hall–Kier alpha value is -2.32. The predicted octanol–water partition coefficient (Wildman–Crippen LogP) is 0.601. The summed E-state index contributed by atoms with van der Waals surface area (Å²) >= 11 is 0. The van der Waals surface area contributed by atoms with Crippen molar-refractivity contribution in [1.82, 2.24) is 10.6 Å². The summed E-state index contributed by atoms with van der Waals surface area (Å²) in [5.41, 5.74) is 3.57. The smallest absolute Gasteiger partial charge is 0.408 e. The first-order valence-electron chi connectivity index (χ1n) is 7.92. The summed E-state index contributed by atoms with van der Waals surface area (Å²) in [5.74, 6) is -2.18. The van der Waals surface area contributed by atoms with E-state index in [-0.39, 0.29) is 0 Å². The highest BCUT2D eigenvalue weighted by atomic mass is 16.6. The number of hydrogen-bond donors (Lipinski definition) is 3. The Balaban J connectivity index is 5.10. The van der Waals surface area contributed by atoms with E-state index in [1.807, 2.05) is 0 Å². The predicted molar refractivity (Wildman–Crippen MR) is 90.4 cm³/mol. The van der Waals surface area contributed by atoms with Crippen molar-refractivity contribution in [3.63, 3.8) is 0 Å². The monoisotopic (exact) mass is 359 g/mol. The molecular weight excluding hydrogens is 330 g/mol. The highest BCUT2D eigenvalue weighted by molar-refractivity contribution is 5.92. The van der Waals surface area contributed by atoms with E-state index in [1.54, 1.807) is 41.5 Å². The van der Waals surface area contributed by atoms with Crippen LogP contribution in [0.15, 0.2) is 0 Å². The summed E-state index contributed by atoms with van der Waals surface area (Å²) in [6.07, 6.45) is -1.30. The second kappa shape index (κ2) is 8.68. The van der Waals surface area contributed by atoms with Crippen LogP contribution in [0.3, 0.4) is 0 Å². The fourth-order valence-corrected chi connectivity index (χ4v) is 1.59. The van der Waals surface area contributed by atoms with Crippen LogP contribution >= 0.6 is 0 Å². The lowest BCUT2D eigenvalue weighted by Gasteiger charge is -2.25. The van der Waals surface area contributed by atoms with Gasteiger partial charge in [-0.2, -0.15) is 0 Å². The topological polar surface area (TPSA) is 137 Å². The van der Waals surface area contributed by atoms with Crippen molar-refractivity contribution in [1.29, 1.82) is 0 Å². The minimum Gasteiger partial charge on any atom is -0.460 e. The minimum absolute atomic E-state index is 0.423. The number of nitrogens with one attached hydrogen (secondary N) is 2. The van der Waals surface area contributed by atoms with Crippen LogP contribution in [0.25, 0.3) is 0 Å². The van der Waals surface area contributed by atoms with Gasteiger partial charge >= 0.3 is 12.1 Å². The molecule has 3 amide bonds. The number of alkyl carbamates (subject to hydrolysis) is 1. The number of nitrogens with two attached hydrogens (primary N) is 1. The molecule has 144 valence electrons. The first-order chi connectivity index (χ1) is 11.1. The summed E-state index contributed by atoms with van der Waals surface area (Å²) in [4.78, 5) is 47.2. The number of hydrogen-bond acceptors (Lipinski definition) is 6. The van der Waals surface area contributed by atoms with Crippen molar-refractivity contribution in [3.05, 3.63) is 0 Å². The highest BCUT2D eigenvalue weighted by Gasteiger charge is 2.30. The van der Waals surface area contributed by atoms with Crippen LogP contribution in [-0.4, -0.2) is 47.2 Å². The number of primary amides is 1. The average molecular weight is 359 g/mol. The lowest BCUT2D eigenvalue weighted by molar-refractivity contribution is -0.156. The van der Waals surface area contributed by atoms with E-state index >= 15 is 0 Å². The average Bonchev–Trinajstić information content (AvgIpc) is 2.32. The normalized spacial score (nSPS) is 14.0. The van der Waals surface area contributed by atoms with Gasteiger partial charge in [0.05, 0.1) is 6.42 Å². The zero-order valence-corrected chi connectivity index (χ0v) is 15.9. The summed E-state index contributed by atoms with van der Waals surface area (Å²) in [6.45, 7) is 11.4. The molecule has 0 radical (unpaired) electrons. The van der Waals surface area contributed by atoms with Crippen LogP contribution in [-0.2, 0) is 23.9 Å². The fraction of sp³-hybridized carbons (Fsp3) is 0.750. The lowest BCUT2D eigenvalue weighted by atomic mass is 10.1. The maximum atomic E-state index is 12.3. The van der Waals surface area contributed by atoms with Crippen LogP contribution < -0.4 is 16.4 Å². The second-order valence-corrected chi connectivity index (χ2v) is 7.62. The van der Waals surface area contributed by atoms with Gasteiger partial charge in [0, 0.05) is 0 Å². The van der Waals surface area contributed by atoms with E-state index in [1.165, 1.54) is 6.92 Å². The van der Waals surface area contributed by atoms with Crippen molar-refractivity contribution in [2.24, 2.45) is 5.73 Å². The molecule has 0 aliphatic carbocycles. The Morgan fingerprint density at radius 3 is 1.80 bits per heavy atom. The lowest BCUT2D eigenvalue weighted by Crippen LogP contribution is -2.53. The molecular formula is C16H29N3O6. The molecule has 0 spiro atoms. The van der Waals surface area contributed by atoms with Gasteiger partial charge in [-0.05, 0) is 48.5 Å². The second-order valence-electron chi connectivity index (χ2n) is 7.62. The number of esters is 1. The molecule has 0 aromatic heterocycles. The summed E-state index contributed by atoms with van der Waals surface area (Å²) in [6, 6.07) is -2.24. The van der Waals surface area contributed by atoms with Gasteiger partial charge in [0.2, 0.25) is 11.8 Å². The zero-order chi connectivity index (χ0) is 20.0. The van der Waals surface area contributed by atoms with Crippen molar-refractivity contribution >= 4 is 23.9 Å². The van der Waals surface area contributed by atoms with Crippen molar-refractivity contribution < 1.29 is 28.7 Å². The Morgan fingerprint density at radius 2 is 1.40 bits per heavy atom. The maximum Gasteiger partial charge on any atom is 0.408 e. The Bertz CT molecular complexity index is 489. The molecule has 0 aliphatic rings. The molecule has 0 unspecified atom stereocenters. The van der Waals surface area contributed by atoms with E-state index in [0.717, 1.165) is 0 Å². The molecule has 0 saturated carbocycles. The third kappa shape index (κ3) is 11.0. The van der Waals surface area contributed by atoms with E-state index in [0.29, 0.717) is 0 Å². The van der Waals surface area contributed by atoms with Gasteiger partial charge in [0.15, 0.2) is 0 Å². The van der Waals surface area contributed by atoms with Crippen molar-refractivity contribution in [2.45, 2.75) is 78.2 Å². The first-order valence-corrected chi connectivity index (χ1v) is 7.92. The molecule has 0 rings (SSSR count).